The molecule has 0 spiro atoms. The van der Waals surface area contributed by atoms with Crippen molar-refractivity contribution in [3.63, 3.8) is 0 Å². The Hall–Kier alpha value is -2.64. The molecule has 1 amide bonds. The van der Waals surface area contributed by atoms with Crippen LogP contribution >= 0.6 is 0 Å². The first-order valence-electron chi connectivity index (χ1n) is 8.33. The lowest BCUT2D eigenvalue weighted by Gasteiger charge is -2.20. The van der Waals surface area contributed by atoms with Gasteiger partial charge in [-0.2, -0.15) is 0 Å². The maximum Gasteiger partial charge on any atom is 0.340 e. The topological polar surface area (TPSA) is 97.8 Å². The molecule has 0 fully saturated rings. The number of amides is 1. The maximum absolute atomic E-state index is 12.3. The van der Waals surface area contributed by atoms with Crippen molar-refractivity contribution in [2.24, 2.45) is 0 Å². The summed E-state index contributed by atoms with van der Waals surface area (Å²) in [5, 5.41) is 2.34. The van der Waals surface area contributed by atoms with E-state index in [9.17, 15) is 14.4 Å². The van der Waals surface area contributed by atoms with Crippen LogP contribution in [0.5, 0.6) is 0 Å². The molecule has 0 saturated heterocycles. The van der Waals surface area contributed by atoms with Crippen molar-refractivity contribution in [1.82, 2.24) is 10.3 Å². The summed E-state index contributed by atoms with van der Waals surface area (Å²) in [7, 11) is 0. The van der Waals surface area contributed by atoms with E-state index >= 15 is 0 Å². The van der Waals surface area contributed by atoms with Gasteiger partial charge in [-0.3, -0.25) is 4.79 Å². The Morgan fingerprint density at radius 1 is 1.04 bits per heavy atom. The molecule has 1 rings (SSSR count). The zero-order chi connectivity index (χ0) is 18.8. The first-order chi connectivity index (χ1) is 12.0. The SMILES string of the molecule is CCOC(=O)C(NC(=O)c1ccc(N(CC)CC)nc1)C(=O)OCC. The van der Waals surface area contributed by atoms with Crippen molar-refractivity contribution in [3.05, 3.63) is 23.9 Å². The minimum Gasteiger partial charge on any atom is -0.464 e. The normalized spacial score (nSPS) is 10.3. The molecule has 0 atom stereocenters. The van der Waals surface area contributed by atoms with Crippen LogP contribution in [0.25, 0.3) is 0 Å². The highest BCUT2D eigenvalue weighted by atomic mass is 16.6. The van der Waals surface area contributed by atoms with E-state index in [2.05, 4.69) is 10.3 Å². The second kappa shape index (κ2) is 10.3. The molecule has 0 aliphatic heterocycles. The number of pyridine rings is 1. The Morgan fingerprint density at radius 3 is 2.00 bits per heavy atom. The van der Waals surface area contributed by atoms with Crippen LogP contribution in [0.3, 0.4) is 0 Å². The monoisotopic (exact) mass is 351 g/mol. The summed E-state index contributed by atoms with van der Waals surface area (Å²) in [6.07, 6.45) is 1.40. The van der Waals surface area contributed by atoms with E-state index in [0.717, 1.165) is 18.9 Å². The van der Waals surface area contributed by atoms with Crippen LogP contribution in [0.15, 0.2) is 18.3 Å². The number of rotatable bonds is 9. The molecule has 0 aliphatic carbocycles. The van der Waals surface area contributed by atoms with Gasteiger partial charge >= 0.3 is 11.9 Å². The standard InChI is InChI=1S/C17H25N3O5/c1-5-20(6-2)13-10-9-12(11-18-13)15(21)19-14(16(22)24-7-3)17(23)25-8-4/h9-11,14H,5-8H2,1-4H3,(H,19,21). The van der Waals surface area contributed by atoms with Crippen molar-refractivity contribution in [2.45, 2.75) is 33.7 Å². The summed E-state index contributed by atoms with van der Waals surface area (Å²) < 4.78 is 9.62. The van der Waals surface area contributed by atoms with Gasteiger partial charge in [-0.15, -0.1) is 0 Å². The summed E-state index contributed by atoms with van der Waals surface area (Å²) >= 11 is 0. The molecule has 0 saturated carbocycles. The zero-order valence-electron chi connectivity index (χ0n) is 15.1. The van der Waals surface area contributed by atoms with Crippen molar-refractivity contribution in [2.75, 3.05) is 31.2 Å². The summed E-state index contributed by atoms with van der Waals surface area (Å²) in [5.41, 5.74) is 0.231. The quantitative estimate of drug-likeness (QED) is 0.526. The molecular formula is C17H25N3O5. The van der Waals surface area contributed by atoms with Crippen LogP contribution in [0, 0.1) is 0 Å². The molecule has 8 nitrogen and oxygen atoms in total. The average Bonchev–Trinajstić information content (AvgIpc) is 2.61. The summed E-state index contributed by atoms with van der Waals surface area (Å²) in [6, 6.07) is 1.80. The molecule has 1 heterocycles. The minimum atomic E-state index is -1.50. The molecule has 25 heavy (non-hydrogen) atoms. The highest BCUT2D eigenvalue weighted by Gasteiger charge is 2.31. The van der Waals surface area contributed by atoms with Gasteiger partial charge in [0.1, 0.15) is 5.82 Å². The second-order valence-corrected chi connectivity index (χ2v) is 4.99. The van der Waals surface area contributed by atoms with Crippen LogP contribution in [0.4, 0.5) is 5.82 Å². The predicted octanol–water partition coefficient (Wildman–Crippen LogP) is 1.15. The van der Waals surface area contributed by atoms with Crippen molar-refractivity contribution in [1.29, 1.82) is 0 Å². The first kappa shape index (κ1) is 20.4. The number of aromatic nitrogens is 1. The molecule has 1 N–H and O–H groups in total. The maximum atomic E-state index is 12.3. The van der Waals surface area contributed by atoms with E-state index in [1.807, 2.05) is 18.7 Å². The van der Waals surface area contributed by atoms with Crippen molar-refractivity contribution in [3.8, 4) is 0 Å². The average molecular weight is 351 g/mol. The van der Waals surface area contributed by atoms with Crippen LogP contribution < -0.4 is 10.2 Å². The third-order valence-corrected chi connectivity index (χ3v) is 3.42. The lowest BCUT2D eigenvalue weighted by molar-refractivity contribution is -0.157. The predicted molar refractivity (Wildman–Crippen MR) is 92.3 cm³/mol. The fourth-order valence-corrected chi connectivity index (χ4v) is 2.13. The molecule has 0 aromatic carbocycles. The number of nitrogens with zero attached hydrogens (tertiary/aromatic N) is 2. The van der Waals surface area contributed by atoms with Gasteiger partial charge in [-0.25, -0.2) is 14.6 Å². The van der Waals surface area contributed by atoms with E-state index < -0.39 is 23.9 Å². The van der Waals surface area contributed by atoms with Gasteiger partial charge in [-0.1, -0.05) is 0 Å². The van der Waals surface area contributed by atoms with Gasteiger partial charge in [0.25, 0.3) is 5.91 Å². The Morgan fingerprint density at radius 2 is 1.60 bits per heavy atom. The fourth-order valence-electron chi connectivity index (χ4n) is 2.13. The molecule has 1 aromatic rings. The smallest absolute Gasteiger partial charge is 0.340 e. The van der Waals surface area contributed by atoms with Crippen LogP contribution in [0.2, 0.25) is 0 Å². The third-order valence-electron chi connectivity index (χ3n) is 3.42. The third kappa shape index (κ3) is 5.74. The largest absolute Gasteiger partial charge is 0.464 e. The Balaban J connectivity index is 2.88. The molecule has 0 bridgehead atoms. The number of ether oxygens (including phenoxy) is 2. The molecular weight excluding hydrogens is 326 g/mol. The van der Waals surface area contributed by atoms with Gasteiger partial charge in [-0.05, 0) is 39.8 Å². The Bertz CT molecular complexity index is 566. The van der Waals surface area contributed by atoms with Gasteiger partial charge in [0.15, 0.2) is 0 Å². The van der Waals surface area contributed by atoms with Gasteiger partial charge in [0.05, 0.1) is 18.8 Å². The van der Waals surface area contributed by atoms with E-state index in [-0.39, 0.29) is 18.8 Å². The molecule has 0 unspecified atom stereocenters. The summed E-state index contributed by atoms with van der Waals surface area (Å²) in [5.74, 6) is -1.58. The number of hydrogen-bond acceptors (Lipinski definition) is 7. The van der Waals surface area contributed by atoms with Crippen LogP contribution in [0.1, 0.15) is 38.1 Å². The van der Waals surface area contributed by atoms with E-state index in [4.69, 9.17) is 9.47 Å². The highest BCUT2D eigenvalue weighted by Crippen LogP contribution is 2.11. The molecule has 8 heteroatoms. The molecule has 0 radical (unpaired) electrons. The van der Waals surface area contributed by atoms with E-state index in [1.54, 1.807) is 26.0 Å². The number of anilines is 1. The lowest BCUT2D eigenvalue weighted by atomic mass is 10.2. The van der Waals surface area contributed by atoms with E-state index in [1.165, 1.54) is 6.20 Å². The number of carbonyl (C=O) groups excluding carboxylic acids is 3. The second-order valence-electron chi connectivity index (χ2n) is 4.99. The molecule has 138 valence electrons. The lowest BCUT2D eigenvalue weighted by Crippen LogP contribution is -2.48. The van der Waals surface area contributed by atoms with Crippen LogP contribution in [-0.2, 0) is 19.1 Å². The number of esters is 2. The number of hydrogen-bond donors (Lipinski definition) is 1. The first-order valence-corrected chi connectivity index (χ1v) is 8.33. The van der Waals surface area contributed by atoms with Crippen LogP contribution in [-0.4, -0.2) is 55.2 Å². The zero-order valence-corrected chi connectivity index (χ0v) is 15.1. The fraction of sp³-hybridized carbons (Fsp3) is 0.529. The summed E-state index contributed by atoms with van der Waals surface area (Å²) in [6.45, 7) is 9.00. The Kier molecular flexibility index (Phi) is 8.38. The summed E-state index contributed by atoms with van der Waals surface area (Å²) in [4.78, 5) is 42.4. The van der Waals surface area contributed by atoms with Gasteiger partial charge in [0, 0.05) is 19.3 Å². The van der Waals surface area contributed by atoms with Crippen molar-refractivity contribution < 1.29 is 23.9 Å². The number of carbonyl (C=O) groups is 3. The van der Waals surface area contributed by atoms with Gasteiger partial charge < -0.3 is 19.7 Å². The Labute approximate surface area is 147 Å². The molecule has 1 aromatic heterocycles. The van der Waals surface area contributed by atoms with E-state index in [0.29, 0.717) is 0 Å². The van der Waals surface area contributed by atoms with Gasteiger partial charge in [0.2, 0.25) is 6.04 Å². The highest BCUT2D eigenvalue weighted by molar-refractivity contribution is 6.05. The minimum absolute atomic E-state index is 0.0880. The van der Waals surface area contributed by atoms with Crippen molar-refractivity contribution >= 4 is 23.7 Å². The molecule has 0 aliphatic rings. The number of nitrogens with one attached hydrogen (secondary N) is 1.